The van der Waals surface area contributed by atoms with Gasteiger partial charge in [0, 0.05) is 105 Å². The molecule has 21 heteroatoms. The monoisotopic (exact) mass is 1230 g/mol. The third-order valence-electron chi connectivity index (χ3n) is 15.9. The number of hydrogen-bond acceptors (Lipinski definition) is 11. The summed E-state index contributed by atoms with van der Waals surface area (Å²) in [6, 6.07) is 17.0. The Morgan fingerprint density at radius 2 is 0.855 bits per heavy atom. The van der Waals surface area contributed by atoms with Gasteiger partial charge < -0.3 is 28.1 Å². The van der Waals surface area contributed by atoms with Crippen LogP contribution in [0, 0.1) is 0 Å². The third kappa shape index (κ3) is 12.2. The largest absolute Gasteiger partial charge is 0.361 e. The van der Waals surface area contributed by atoms with Crippen LogP contribution in [0.5, 0.6) is 0 Å². The Balaban J connectivity index is 0.908. The summed E-state index contributed by atoms with van der Waals surface area (Å²) in [7, 11) is -5.17. The molecule has 2 aromatic carbocycles. The van der Waals surface area contributed by atoms with E-state index in [1.165, 1.54) is 0 Å². The van der Waals surface area contributed by atoms with Crippen LogP contribution < -0.4 is 0 Å². The van der Waals surface area contributed by atoms with Crippen molar-refractivity contribution in [3.63, 3.8) is 0 Å². The highest BCUT2D eigenvalue weighted by Gasteiger charge is 2.67. The smallest absolute Gasteiger partial charge is 0.173 e. The first-order valence-electron chi connectivity index (χ1n) is 27.7. The number of ether oxygens (including phenoxy) is 4. The standard InChI is InChI=1S/C55H82Br2N10O5Si4/c1-73(2,3)25-21-69-35-64-47-33-62(31-43(47)58-51(64)49-41-15-13-39(56)29-45(41)66(60-49)37-71-23-27-75(7,8)9)54(17-18-54)53(68)55(19-20-55)63-32-44-48(34-63)65(36-70-22-26-74(4,5)6)52(59-44)50-42-16-14-40(57)30-46(42)67(61-50)38-72-24-28-76(10,11)12/h13-16,29-30H,17-28,31-38H2,1-12H3. The minimum absolute atomic E-state index is 0.362. The van der Waals surface area contributed by atoms with E-state index in [1.807, 2.05) is 9.36 Å². The highest BCUT2D eigenvalue weighted by Crippen LogP contribution is 2.57. The van der Waals surface area contributed by atoms with Gasteiger partial charge in [0.25, 0.3) is 0 Å². The molecule has 412 valence electrons. The van der Waals surface area contributed by atoms with Crippen LogP contribution in [0.4, 0.5) is 0 Å². The fourth-order valence-corrected chi connectivity index (χ4v) is 14.5. The van der Waals surface area contributed by atoms with E-state index in [2.05, 4.69) is 166 Å². The van der Waals surface area contributed by atoms with E-state index in [0.29, 0.717) is 85.3 Å². The molecule has 2 aliphatic heterocycles. The normalized spacial score (nSPS) is 17.7. The van der Waals surface area contributed by atoms with Gasteiger partial charge in [-0.1, -0.05) is 110 Å². The van der Waals surface area contributed by atoms with Gasteiger partial charge in [-0.25, -0.2) is 19.3 Å². The summed E-state index contributed by atoms with van der Waals surface area (Å²) in [5.41, 5.74) is 6.83. The van der Waals surface area contributed by atoms with Crippen LogP contribution in [0.2, 0.25) is 103 Å². The lowest BCUT2D eigenvalue weighted by molar-refractivity contribution is -0.133. The van der Waals surface area contributed by atoms with E-state index >= 15 is 4.79 Å². The van der Waals surface area contributed by atoms with Crippen LogP contribution in [0.25, 0.3) is 44.8 Å². The molecule has 2 fully saturated rings. The minimum atomic E-state index is -1.33. The van der Waals surface area contributed by atoms with Crippen molar-refractivity contribution >= 4 is 91.7 Å². The maximum absolute atomic E-state index is 15.5. The lowest BCUT2D eigenvalue weighted by atomic mass is 9.98. The molecular formula is C55H82Br2N10O5Si4. The lowest BCUT2D eigenvalue weighted by Crippen LogP contribution is -2.52. The molecule has 4 aliphatic rings. The number of fused-ring (bicyclic) bond motifs is 4. The average molecular weight is 1240 g/mol. The molecule has 15 nitrogen and oxygen atoms in total. The zero-order valence-corrected chi connectivity index (χ0v) is 54.5. The van der Waals surface area contributed by atoms with Crippen molar-refractivity contribution in [3.8, 4) is 23.0 Å². The zero-order chi connectivity index (χ0) is 54.2. The van der Waals surface area contributed by atoms with Crippen LogP contribution in [0.3, 0.4) is 0 Å². The van der Waals surface area contributed by atoms with E-state index in [-0.39, 0.29) is 0 Å². The van der Waals surface area contributed by atoms with Crippen molar-refractivity contribution in [2.75, 3.05) is 26.4 Å². The van der Waals surface area contributed by atoms with Gasteiger partial charge >= 0.3 is 0 Å². The van der Waals surface area contributed by atoms with E-state index in [1.54, 1.807) is 0 Å². The number of imidazole rings is 2. The number of hydrogen-bond donors (Lipinski definition) is 0. The Morgan fingerprint density at radius 3 is 1.18 bits per heavy atom. The predicted octanol–water partition coefficient (Wildman–Crippen LogP) is 12.9. The molecule has 0 saturated heterocycles. The first-order valence-corrected chi connectivity index (χ1v) is 44.1. The highest BCUT2D eigenvalue weighted by atomic mass is 79.9. The number of rotatable bonds is 26. The highest BCUT2D eigenvalue weighted by molar-refractivity contribution is 9.10. The van der Waals surface area contributed by atoms with Gasteiger partial charge in [0.1, 0.15) is 38.3 Å². The molecule has 0 N–H and O–H groups in total. The summed E-state index contributed by atoms with van der Waals surface area (Å²) >= 11 is 7.45. The third-order valence-corrected chi connectivity index (χ3v) is 23.7. The fraction of sp³-hybridized carbons (Fsp3) is 0.618. The Labute approximate surface area is 471 Å². The number of aromatic nitrogens is 8. The molecule has 0 spiro atoms. The van der Waals surface area contributed by atoms with Crippen LogP contribution >= 0.6 is 31.9 Å². The lowest BCUT2D eigenvalue weighted by Gasteiger charge is -2.34. The number of nitrogens with zero attached hydrogens (tertiary/aromatic N) is 10. The second-order valence-corrected chi connectivity index (χ2v) is 51.3. The number of Topliss-reactive ketones (excluding diaryl/α,β-unsaturated/α-hetero) is 1. The summed E-state index contributed by atoms with van der Waals surface area (Å²) in [6.07, 6.45) is 3.42. The van der Waals surface area contributed by atoms with Crippen LogP contribution in [0.1, 0.15) is 48.5 Å². The van der Waals surface area contributed by atoms with Crippen molar-refractivity contribution in [3.05, 3.63) is 68.1 Å². The molecular weight excluding hydrogens is 1150 g/mol. The second kappa shape index (κ2) is 21.5. The Hall–Kier alpha value is -2.94. The minimum Gasteiger partial charge on any atom is -0.361 e. The van der Waals surface area contributed by atoms with E-state index in [0.717, 1.165) is 126 Å². The van der Waals surface area contributed by atoms with Gasteiger partial charge in [-0.3, -0.25) is 14.6 Å². The summed E-state index contributed by atoms with van der Waals surface area (Å²) in [5.74, 6) is 1.98. The summed E-state index contributed by atoms with van der Waals surface area (Å²) in [6.45, 7) is 35.4. The molecule has 2 saturated carbocycles. The van der Waals surface area contributed by atoms with Gasteiger partial charge in [-0.2, -0.15) is 10.2 Å². The second-order valence-electron chi connectivity index (χ2n) is 27.0. The van der Waals surface area contributed by atoms with E-state index in [9.17, 15) is 0 Å². The van der Waals surface area contributed by atoms with Crippen LogP contribution in [0.15, 0.2) is 45.3 Å². The molecule has 76 heavy (non-hydrogen) atoms. The van der Waals surface area contributed by atoms with Crippen molar-refractivity contribution < 1.29 is 23.7 Å². The number of benzene rings is 2. The van der Waals surface area contributed by atoms with Gasteiger partial charge in [0.15, 0.2) is 17.4 Å². The molecule has 0 amide bonds. The van der Waals surface area contributed by atoms with Crippen molar-refractivity contribution in [2.45, 2.75) is 193 Å². The quantitative estimate of drug-likeness (QED) is 0.0380. The van der Waals surface area contributed by atoms with Crippen molar-refractivity contribution in [2.24, 2.45) is 0 Å². The Bertz CT molecular complexity index is 2910. The van der Waals surface area contributed by atoms with E-state index < -0.39 is 43.4 Å². The number of carbonyl (C=O) groups is 1. The molecule has 0 unspecified atom stereocenters. The van der Waals surface area contributed by atoms with E-state index in [4.69, 9.17) is 39.1 Å². The molecule has 6 heterocycles. The SMILES string of the molecule is C[Si](C)(C)CCOCn1c(-c2nn(COCC[Si](C)(C)C)c3cc(Br)ccc23)nc2c1CN(C1(C(=O)C3(N4Cc5nc(-c6nn(COCC[Si](C)(C)C)c7cc(Br)ccc67)n(COCC[Si](C)(C)C)c5C4)CC3)CC1)C2. The first-order chi connectivity index (χ1) is 35.8. The summed E-state index contributed by atoms with van der Waals surface area (Å²) in [5, 5.41) is 12.5. The molecule has 4 aromatic heterocycles. The van der Waals surface area contributed by atoms with Crippen LogP contribution in [-0.2, 0) is 76.8 Å². The summed E-state index contributed by atoms with van der Waals surface area (Å²) in [4.78, 5) is 31.3. The molecule has 6 aromatic rings. The number of ketones is 1. The molecule has 10 rings (SSSR count). The number of carbonyl (C=O) groups excluding carboxylic acids is 1. The van der Waals surface area contributed by atoms with Gasteiger partial charge in [0.05, 0.1) is 44.9 Å². The molecule has 0 radical (unpaired) electrons. The number of halogens is 2. The first kappa shape index (κ1) is 56.3. The molecule has 0 atom stereocenters. The maximum Gasteiger partial charge on any atom is 0.173 e. The summed E-state index contributed by atoms with van der Waals surface area (Å²) < 4.78 is 36.1. The Morgan fingerprint density at radius 1 is 0.513 bits per heavy atom. The predicted molar refractivity (Wildman–Crippen MR) is 321 cm³/mol. The molecule has 2 aliphatic carbocycles. The topological polar surface area (TPSA) is 132 Å². The fourth-order valence-electron chi connectivity index (χ4n) is 10.8. The van der Waals surface area contributed by atoms with Gasteiger partial charge in [-0.15, -0.1) is 0 Å². The van der Waals surface area contributed by atoms with Crippen molar-refractivity contribution in [1.82, 2.24) is 48.5 Å². The average Bonchev–Trinajstić information content (AvgIpc) is 3.96. The maximum atomic E-state index is 15.5. The Kier molecular flexibility index (Phi) is 15.9. The van der Waals surface area contributed by atoms with Crippen molar-refractivity contribution in [1.29, 1.82) is 0 Å². The van der Waals surface area contributed by atoms with Crippen LogP contribution in [-0.4, -0.2) is 124 Å². The van der Waals surface area contributed by atoms with Gasteiger partial charge in [0.2, 0.25) is 0 Å². The zero-order valence-electron chi connectivity index (χ0n) is 47.4. The molecule has 0 bridgehead atoms. The van der Waals surface area contributed by atoms with Gasteiger partial charge in [-0.05, 0) is 86.3 Å².